The summed E-state index contributed by atoms with van der Waals surface area (Å²) in [6.07, 6.45) is 2.76. The number of amidine groups is 1. The molecule has 33 heavy (non-hydrogen) atoms. The Morgan fingerprint density at radius 2 is 1.82 bits per heavy atom. The first-order chi connectivity index (χ1) is 15.8. The molecule has 0 saturated carbocycles. The van der Waals surface area contributed by atoms with Crippen molar-refractivity contribution < 1.29 is 13.2 Å². The van der Waals surface area contributed by atoms with Gasteiger partial charge >= 0.3 is 0 Å². The molecule has 2 aromatic carbocycles. The summed E-state index contributed by atoms with van der Waals surface area (Å²) in [6.45, 7) is 0. The molecule has 6 N–H and O–H groups in total. The Kier molecular flexibility index (Phi) is 4.55. The minimum absolute atomic E-state index is 0.00347. The number of sulfonamides is 1. The summed E-state index contributed by atoms with van der Waals surface area (Å²) >= 11 is 0. The maximum Gasteiger partial charge on any atom is 0.277 e. The molecule has 164 valence electrons. The fraction of sp³-hybridized carbons (Fsp3) is 0. The summed E-state index contributed by atoms with van der Waals surface area (Å²) in [5, 5.41) is 23.6. The molecule has 1 aliphatic carbocycles. The number of nitrogens with one attached hydrogen (secondary N) is 2. The molecule has 1 amide bonds. The number of nitrogens with two attached hydrogens (primary N) is 2. The summed E-state index contributed by atoms with van der Waals surface area (Å²) in [5.74, 6) is -0.514. The third kappa shape index (κ3) is 3.33. The normalized spacial score (nSPS) is 11.8. The Morgan fingerprint density at radius 1 is 1.06 bits per heavy atom. The first-order valence-electron chi connectivity index (χ1n) is 9.58. The number of pyridine rings is 1. The maximum atomic E-state index is 13.1. The van der Waals surface area contributed by atoms with Gasteiger partial charge in [0.2, 0.25) is 10.0 Å². The van der Waals surface area contributed by atoms with E-state index in [4.69, 9.17) is 16.3 Å². The van der Waals surface area contributed by atoms with E-state index in [9.17, 15) is 13.2 Å². The van der Waals surface area contributed by atoms with E-state index in [1.165, 1.54) is 17.1 Å². The van der Waals surface area contributed by atoms with Crippen molar-refractivity contribution >= 4 is 27.6 Å². The molecule has 0 radical (unpaired) electrons. The fourth-order valence-electron chi connectivity index (χ4n) is 3.86. The molecule has 5 rings (SSSR count). The quantitative estimate of drug-likeness (QED) is 0.226. The SMILES string of the molecule is N=C(N)c1cccc(-n2nncc2C(=O)Nc2nccc3c2-c2cccc-3c2S(N)(=O)=O)c1. The molecule has 0 spiro atoms. The Morgan fingerprint density at radius 3 is 2.58 bits per heavy atom. The van der Waals surface area contributed by atoms with Gasteiger partial charge in [-0.3, -0.25) is 10.2 Å². The predicted octanol–water partition coefficient (Wildman–Crippen LogP) is 1.49. The Labute approximate surface area is 187 Å². The van der Waals surface area contributed by atoms with E-state index in [2.05, 4.69) is 20.6 Å². The lowest BCUT2D eigenvalue weighted by Crippen LogP contribution is -2.19. The summed E-state index contributed by atoms with van der Waals surface area (Å²) < 4.78 is 25.7. The molecule has 2 bridgehead atoms. The molecule has 2 aromatic heterocycles. The van der Waals surface area contributed by atoms with Crippen LogP contribution in [-0.4, -0.2) is 40.1 Å². The second kappa shape index (κ2) is 7.32. The van der Waals surface area contributed by atoms with Crippen molar-refractivity contribution in [1.29, 1.82) is 5.41 Å². The number of hydrogen-bond acceptors (Lipinski definition) is 7. The molecular formula is C21H16N8O3S. The van der Waals surface area contributed by atoms with Crippen molar-refractivity contribution in [3.63, 3.8) is 0 Å². The summed E-state index contributed by atoms with van der Waals surface area (Å²) in [7, 11) is -4.00. The number of carbonyl (C=O) groups is 1. The summed E-state index contributed by atoms with van der Waals surface area (Å²) in [5.41, 5.74) is 8.50. The van der Waals surface area contributed by atoms with Crippen molar-refractivity contribution in [2.45, 2.75) is 4.90 Å². The third-order valence-electron chi connectivity index (χ3n) is 5.23. The van der Waals surface area contributed by atoms with Crippen LogP contribution in [0.15, 0.2) is 65.8 Å². The molecule has 0 atom stereocenters. The highest BCUT2D eigenvalue weighted by molar-refractivity contribution is 7.89. The van der Waals surface area contributed by atoms with E-state index >= 15 is 0 Å². The van der Waals surface area contributed by atoms with Crippen LogP contribution in [0.2, 0.25) is 0 Å². The predicted molar refractivity (Wildman–Crippen MR) is 120 cm³/mol. The van der Waals surface area contributed by atoms with E-state index < -0.39 is 15.9 Å². The van der Waals surface area contributed by atoms with E-state index in [1.807, 2.05) is 0 Å². The molecular weight excluding hydrogens is 444 g/mol. The zero-order valence-electron chi connectivity index (χ0n) is 16.9. The first-order valence-corrected chi connectivity index (χ1v) is 11.1. The number of fused-ring (bicyclic) bond motifs is 5. The van der Waals surface area contributed by atoms with E-state index in [0.29, 0.717) is 33.5 Å². The Balaban J connectivity index is 1.55. The van der Waals surface area contributed by atoms with Crippen molar-refractivity contribution in [3.05, 3.63) is 72.2 Å². The third-order valence-corrected chi connectivity index (χ3v) is 6.23. The van der Waals surface area contributed by atoms with Gasteiger partial charge in [-0.1, -0.05) is 35.5 Å². The van der Waals surface area contributed by atoms with Crippen LogP contribution in [0.3, 0.4) is 0 Å². The van der Waals surface area contributed by atoms with Crippen LogP contribution < -0.4 is 16.2 Å². The van der Waals surface area contributed by atoms with Gasteiger partial charge in [0.25, 0.3) is 5.91 Å². The number of carbonyl (C=O) groups excluding carboxylic acids is 1. The number of amides is 1. The molecule has 0 aliphatic heterocycles. The minimum atomic E-state index is -4.00. The molecule has 0 fully saturated rings. The molecule has 1 aliphatic rings. The van der Waals surface area contributed by atoms with Gasteiger partial charge in [-0.05, 0) is 23.8 Å². The highest BCUT2D eigenvalue weighted by atomic mass is 32.2. The summed E-state index contributed by atoms with van der Waals surface area (Å²) in [6, 6.07) is 13.3. The molecule has 4 aromatic rings. The Bertz CT molecular complexity index is 1580. The average molecular weight is 460 g/mol. The van der Waals surface area contributed by atoms with Crippen molar-refractivity contribution in [2.24, 2.45) is 10.9 Å². The first kappa shape index (κ1) is 20.5. The second-order valence-corrected chi connectivity index (χ2v) is 8.76. The number of anilines is 1. The van der Waals surface area contributed by atoms with Gasteiger partial charge in [-0.25, -0.2) is 23.2 Å². The van der Waals surface area contributed by atoms with E-state index in [1.54, 1.807) is 48.5 Å². The van der Waals surface area contributed by atoms with Crippen LogP contribution in [0.5, 0.6) is 0 Å². The van der Waals surface area contributed by atoms with Crippen molar-refractivity contribution in [2.75, 3.05) is 5.32 Å². The lowest BCUT2D eigenvalue weighted by atomic mass is 10.1. The van der Waals surface area contributed by atoms with Crippen LogP contribution in [-0.2, 0) is 10.0 Å². The summed E-state index contributed by atoms with van der Waals surface area (Å²) in [4.78, 5) is 17.4. The number of rotatable bonds is 5. The van der Waals surface area contributed by atoms with Gasteiger partial charge in [0.1, 0.15) is 11.7 Å². The average Bonchev–Trinajstić information content (AvgIpc) is 3.35. The molecule has 0 unspecified atom stereocenters. The topological polar surface area (TPSA) is 183 Å². The second-order valence-electron chi connectivity index (χ2n) is 7.26. The van der Waals surface area contributed by atoms with Gasteiger partial charge < -0.3 is 11.1 Å². The highest BCUT2D eigenvalue weighted by Crippen LogP contribution is 2.49. The van der Waals surface area contributed by atoms with E-state index in [-0.39, 0.29) is 22.2 Å². The van der Waals surface area contributed by atoms with Crippen molar-refractivity contribution in [1.82, 2.24) is 20.0 Å². The van der Waals surface area contributed by atoms with Crippen molar-refractivity contribution in [3.8, 4) is 27.9 Å². The molecule has 12 heteroatoms. The van der Waals surface area contributed by atoms with Crippen LogP contribution in [0.1, 0.15) is 16.1 Å². The number of benzene rings is 2. The minimum Gasteiger partial charge on any atom is -0.384 e. The van der Waals surface area contributed by atoms with Gasteiger partial charge in [0, 0.05) is 28.5 Å². The van der Waals surface area contributed by atoms with Crippen LogP contribution >= 0.6 is 0 Å². The number of primary sulfonamides is 1. The molecule has 2 heterocycles. The molecule has 11 nitrogen and oxygen atoms in total. The van der Waals surface area contributed by atoms with Crippen LogP contribution in [0.25, 0.3) is 27.9 Å². The van der Waals surface area contributed by atoms with Gasteiger partial charge in [0.15, 0.2) is 5.69 Å². The fourth-order valence-corrected chi connectivity index (χ4v) is 4.82. The highest BCUT2D eigenvalue weighted by Gasteiger charge is 2.32. The number of nitrogens with zero attached hydrogens (tertiary/aromatic N) is 4. The Hall–Kier alpha value is -4.42. The van der Waals surface area contributed by atoms with Crippen LogP contribution in [0.4, 0.5) is 5.82 Å². The lowest BCUT2D eigenvalue weighted by molar-refractivity contribution is 0.101. The van der Waals surface area contributed by atoms with Crippen LogP contribution in [0, 0.1) is 5.41 Å². The number of nitrogen functional groups attached to an aromatic ring is 1. The van der Waals surface area contributed by atoms with Gasteiger partial charge in [-0.2, -0.15) is 0 Å². The number of aromatic nitrogens is 4. The van der Waals surface area contributed by atoms with Gasteiger partial charge in [-0.15, -0.1) is 5.10 Å². The van der Waals surface area contributed by atoms with Gasteiger partial charge in [0.05, 0.1) is 16.8 Å². The largest absolute Gasteiger partial charge is 0.384 e. The monoisotopic (exact) mass is 460 g/mol. The lowest BCUT2D eigenvalue weighted by Gasteiger charge is -2.11. The molecule has 0 saturated heterocycles. The smallest absolute Gasteiger partial charge is 0.277 e. The standard InChI is InChI=1S/C21H16N8O3S/c22-19(23)11-3-1-4-12(9-11)29-16(10-26-28-29)21(30)27-20-17-13(7-8-25-20)14-5-2-6-15(17)18(14)33(24,31)32/h1-10H,(H3,22,23)(H2,24,31,32)(H,25,27,30). The van der Waals surface area contributed by atoms with E-state index in [0.717, 1.165) is 0 Å². The maximum absolute atomic E-state index is 13.1. The number of hydrogen-bond donors (Lipinski definition) is 4. The zero-order valence-corrected chi connectivity index (χ0v) is 17.7. The zero-order chi connectivity index (χ0) is 23.3.